The van der Waals surface area contributed by atoms with E-state index in [2.05, 4.69) is 18.2 Å². The second kappa shape index (κ2) is 6.24. The zero-order valence-electron chi connectivity index (χ0n) is 14.4. The molecule has 0 radical (unpaired) electrons. The molecule has 0 N–H and O–H groups in total. The summed E-state index contributed by atoms with van der Waals surface area (Å²) >= 11 is 0. The Balaban J connectivity index is 1.57. The molecule has 1 fully saturated rings. The highest BCUT2D eigenvalue weighted by molar-refractivity contribution is 7.89. The molecule has 4 nitrogen and oxygen atoms in total. The van der Waals surface area contributed by atoms with Gasteiger partial charge in [0.2, 0.25) is 10.0 Å². The molecule has 0 aliphatic carbocycles. The van der Waals surface area contributed by atoms with Gasteiger partial charge < -0.3 is 4.74 Å². The van der Waals surface area contributed by atoms with Gasteiger partial charge in [0, 0.05) is 13.1 Å². The molecule has 2 aromatic carbocycles. The van der Waals surface area contributed by atoms with Crippen molar-refractivity contribution in [3.63, 3.8) is 0 Å². The Morgan fingerprint density at radius 1 is 1.00 bits per heavy atom. The van der Waals surface area contributed by atoms with Gasteiger partial charge in [0.15, 0.2) is 0 Å². The maximum absolute atomic E-state index is 12.9. The Morgan fingerprint density at radius 2 is 1.68 bits per heavy atom. The third-order valence-electron chi connectivity index (χ3n) is 5.45. The number of piperidine rings is 1. The molecule has 132 valence electrons. The average molecular weight is 357 g/mol. The van der Waals surface area contributed by atoms with E-state index in [1.807, 2.05) is 25.1 Å². The fraction of sp³-hybridized carbons (Fsp3) is 0.400. The molecule has 0 amide bonds. The summed E-state index contributed by atoms with van der Waals surface area (Å²) in [7, 11) is -3.43. The largest absolute Gasteiger partial charge is 0.370 e. The lowest BCUT2D eigenvalue weighted by atomic mass is 9.80. The number of ether oxygens (including phenoxy) is 1. The normalized spacial score (nSPS) is 20.4. The molecule has 25 heavy (non-hydrogen) atoms. The first kappa shape index (κ1) is 16.8. The summed E-state index contributed by atoms with van der Waals surface area (Å²) in [4.78, 5) is 0.374. The van der Waals surface area contributed by atoms with Crippen LogP contribution < -0.4 is 0 Å². The van der Waals surface area contributed by atoms with Crippen molar-refractivity contribution in [3.05, 3.63) is 65.2 Å². The van der Waals surface area contributed by atoms with Crippen LogP contribution in [-0.2, 0) is 26.8 Å². The highest BCUT2D eigenvalue weighted by atomic mass is 32.2. The topological polar surface area (TPSA) is 46.6 Å². The van der Waals surface area contributed by atoms with Crippen LogP contribution in [0.3, 0.4) is 0 Å². The van der Waals surface area contributed by atoms with Crippen molar-refractivity contribution in [3.8, 4) is 0 Å². The summed E-state index contributed by atoms with van der Waals surface area (Å²) in [5, 5.41) is 0. The van der Waals surface area contributed by atoms with Crippen LogP contribution >= 0.6 is 0 Å². The van der Waals surface area contributed by atoms with Crippen molar-refractivity contribution >= 4 is 10.0 Å². The molecule has 2 heterocycles. The molecule has 0 atom stereocenters. The van der Waals surface area contributed by atoms with E-state index in [4.69, 9.17) is 4.74 Å². The third-order valence-corrected chi connectivity index (χ3v) is 7.36. The standard InChI is InChI=1S/C20H23NO3S/c1-16-6-8-18(9-7-16)25(22,23)21-13-11-20(12-14-21)19-5-3-2-4-17(19)10-15-24-20/h2-9H,10-15H2,1H3. The molecule has 2 aliphatic rings. The van der Waals surface area contributed by atoms with Gasteiger partial charge in [0.1, 0.15) is 0 Å². The lowest BCUT2D eigenvalue weighted by Gasteiger charge is -2.44. The fourth-order valence-corrected chi connectivity index (χ4v) is 5.42. The average Bonchev–Trinajstić information content (AvgIpc) is 2.63. The first-order valence-corrected chi connectivity index (χ1v) is 10.2. The van der Waals surface area contributed by atoms with Crippen LogP contribution in [0.2, 0.25) is 0 Å². The fourth-order valence-electron chi connectivity index (χ4n) is 3.98. The van der Waals surface area contributed by atoms with Gasteiger partial charge in [-0.25, -0.2) is 8.42 Å². The highest BCUT2D eigenvalue weighted by Crippen LogP contribution is 2.42. The van der Waals surface area contributed by atoms with E-state index in [9.17, 15) is 8.42 Å². The predicted molar refractivity (Wildman–Crippen MR) is 96.9 cm³/mol. The van der Waals surface area contributed by atoms with Crippen molar-refractivity contribution in [1.29, 1.82) is 0 Å². The molecule has 2 aromatic rings. The summed E-state index contributed by atoms with van der Waals surface area (Å²) in [6, 6.07) is 15.5. The first-order valence-electron chi connectivity index (χ1n) is 8.80. The number of aryl methyl sites for hydroxylation is 1. The monoisotopic (exact) mass is 357 g/mol. The van der Waals surface area contributed by atoms with Crippen LogP contribution in [-0.4, -0.2) is 32.4 Å². The van der Waals surface area contributed by atoms with Crippen LogP contribution in [0.25, 0.3) is 0 Å². The van der Waals surface area contributed by atoms with Gasteiger partial charge >= 0.3 is 0 Å². The van der Waals surface area contributed by atoms with Crippen LogP contribution in [0.4, 0.5) is 0 Å². The molecule has 1 saturated heterocycles. The zero-order valence-corrected chi connectivity index (χ0v) is 15.3. The summed E-state index contributed by atoms with van der Waals surface area (Å²) < 4.78 is 33.6. The van der Waals surface area contributed by atoms with Gasteiger partial charge in [0.25, 0.3) is 0 Å². The summed E-state index contributed by atoms with van der Waals surface area (Å²) in [5.41, 5.74) is 3.31. The number of hydrogen-bond acceptors (Lipinski definition) is 3. The molecular weight excluding hydrogens is 334 g/mol. The molecule has 4 rings (SSSR count). The first-order chi connectivity index (χ1) is 12.0. The number of benzene rings is 2. The summed E-state index contributed by atoms with van der Waals surface area (Å²) in [6.07, 6.45) is 2.34. The lowest BCUT2D eigenvalue weighted by molar-refractivity contribution is -0.0891. The van der Waals surface area contributed by atoms with Gasteiger partial charge in [-0.2, -0.15) is 4.31 Å². The minimum atomic E-state index is -3.43. The van der Waals surface area contributed by atoms with E-state index in [0.717, 1.165) is 12.0 Å². The quantitative estimate of drug-likeness (QED) is 0.829. The molecule has 0 aromatic heterocycles. The predicted octanol–water partition coefficient (Wildman–Crippen LogP) is 3.25. The second-order valence-corrected chi connectivity index (χ2v) is 8.90. The SMILES string of the molecule is Cc1ccc(S(=O)(=O)N2CCC3(CC2)OCCc2ccccc23)cc1. The minimum absolute atomic E-state index is 0.325. The number of nitrogens with zero attached hydrogens (tertiary/aromatic N) is 1. The number of rotatable bonds is 2. The van der Waals surface area contributed by atoms with Crippen LogP contribution in [0.5, 0.6) is 0 Å². The Bertz CT molecular complexity index is 866. The van der Waals surface area contributed by atoms with Crippen LogP contribution in [0.1, 0.15) is 29.5 Å². The Morgan fingerprint density at radius 3 is 2.40 bits per heavy atom. The van der Waals surface area contributed by atoms with Crippen LogP contribution in [0, 0.1) is 6.92 Å². The molecule has 0 bridgehead atoms. The molecule has 0 saturated carbocycles. The van der Waals surface area contributed by atoms with Gasteiger partial charge in [-0.15, -0.1) is 0 Å². The lowest BCUT2D eigenvalue weighted by Crippen LogP contribution is -2.48. The van der Waals surface area contributed by atoms with E-state index >= 15 is 0 Å². The Kier molecular flexibility index (Phi) is 4.18. The number of hydrogen-bond donors (Lipinski definition) is 0. The zero-order chi connectivity index (χ0) is 17.5. The van der Waals surface area contributed by atoms with Crippen LogP contribution in [0.15, 0.2) is 53.4 Å². The summed E-state index contributed by atoms with van der Waals surface area (Å²) in [6.45, 7) is 3.65. The van der Waals surface area contributed by atoms with Crippen molar-refractivity contribution in [2.75, 3.05) is 19.7 Å². The van der Waals surface area contributed by atoms with E-state index in [-0.39, 0.29) is 5.60 Å². The Hall–Kier alpha value is -1.69. The van der Waals surface area contributed by atoms with E-state index < -0.39 is 10.0 Å². The van der Waals surface area contributed by atoms with Crippen molar-refractivity contribution in [1.82, 2.24) is 4.31 Å². The van der Waals surface area contributed by atoms with E-state index in [0.29, 0.717) is 37.4 Å². The number of fused-ring (bicyclic) bond motifs is 2. The molecule has 2 aliphatic heterocycles. The van der Waals surface area contributed by atoms with Crippen molar-refractivity contribution in [2.24, 2.45) is 0 Å². The summed E-state index contributed by atoms with van der Waals surface area (Å²) in [5.74, 6) is 0. The maximum Gasteiger partial charge on any atom is 0.243 e. The second-order valence-electron chi connectivity index (χ2n) is 6.97. The maximum atomic E-state index is 12.9. The molecule has 1 spiro atoms. The molecular formula is C20H23NO3S. The van der Waals surface area contributed by atoms with Gasteiger partial charge in [0.05, 0.1) is 17.1 Å². The minimum Gasteiger partial charge on any atom is -0.370 e. The van der Waals surface area contributed by atoms with Gasteiger partial charge in [-0.3, -0.25) is 0 Å². The smallest absolute Gasteiger partial charge is 0.243 e. The highest BCUT2D eigenvalue weighted by Gasteiger charge is 2.43. The van der Waals surface area contributed by atoms with Crippen molar-refractivity contribution < 1.29 is 13.2 Å². The Labute approximate surface area is 149 Å². The van der Waals surface area contributed by atoms with Crippen molar-refractivity contribution in [2.45, 2.75) is 36.7 Å². The van der Waals surface area contributed by atoms with E-state index in [1.54, 1.807) is 16.4 Å². The van der Waals surface area contributed by atoms with E-state index in [1.165, 1.54) is 11.1 Å². The molecule has 0 unspecified atom stereocenters. The van der Waals surface area contributed by atoms with Gasteiger partial charge in [-0.1, -0.05) is 42.0 Å². The number of sulfonamides is 1. The van der Waals surface area contributed by atoms with Gasteiger partial charge in [-0.05, 0) is 49.4 Å². The third kappa shape index (κ3) is 2.90. The molecule has 5 heteroatoms.